The van der Waals surface area contributed by atoms with Crippen molar-refractivity contribution in [3.05, 3.63) is 63.5 Å². The van der Waals surface area contributed by atoms with Crippen molar-refractivity contribution >= 4 is 66.9 Å². The van der Waals surface area contributed by atoms with Crippen LogP contribution in [0.3, 0.4) is 0 Å². The third-order valence-electron chi connectivity index (χ3n) is 4.46. The number of aromatic nitrogens is 3. The van der Waals surface area contributed by atoms with Crippen molar-refractivity contribution in [1.82, 2.24) is 15.0 Å². The van der Waals surface area contributed by atoms with Gasteiger partial charge >= 0.3 is 0 Å². The standard InChI is InChI=1S/C20H13ClN4S2/c1-11-7-26-8-15(11)13-5-14-17(6-16(13)21)22-9-23-20(14)25-12-2-3-19-18(4-12)24-10-27-19/h2-10H,1H3,(H,22,23,25). The summed E-state index contributed by atoms with van der Waals surface area (Å²) in [6.07, 6.45) is 1.55. The number of nitrogens with one attached hydrogen (secondary N) is 1. The van der Waals surface area contributed by atoms with Crippen LogP contribution in [0.1, 0.15) is 5.56 Å². The summed E-state index contributed by atoms with van der Waals surface area (Å²) in [6.45, 7) is 2.09. The van der Waals surface area contributed by atoms with Gasteiger partial charge in [-0.15, -0.1) is 11.3 Å². The molecule has 4 nitrogen and oxygen atoms in total. The van der Waals surface area contributed by atoms with E-state index in [1.54, 1.807) is 29.0 Å². The highest BCUT2D eigenvalue weighted by Gasteiger charge is 2.13. The van der Waals surface area contributed by atoms with Crippen LogP contribution < -0.4 is 5.32 Å². The van der Waals surface area contributed by atoms with E-state index in [1.165, 1.54) is 5.56 Å². The Balaban J connectivity index is 1.64. The summed E-state index contributed by atoms with van der Waals surface area (Å²) in [6, 6.07) is 10.1. The molecule has 0 unspecified atom stereocenters. The fourth-order valence-corrected chi connectivity index (χ4v) is 4.86. The van der Waals surface area contributed by atoms with Crippen molar-refractivity contribution in [3.63, 3.8) is 0 Å². The van der Waals surface area contributed by atoms with Crippen LogP contribution >= 0.6 is 34.3 Å². The normalized spacial score (nSPS) is 11.3. The van der Waals surface area contributed by atoms with E-state index < -0.39 is 0 Å². The summed E-state index contributed by atoms with van der Waals surface area (Å²) >= 11 is 9.85. The van der Waals surface area contributed by atoms with Gasteiger partial charge in [-0.25, -0.2) is 15.0 Å². The molecule has 7 heteroatoms. The average Bonchev–Trinajstić information content (AvgIpc) is 3.30. The van der Waals surface area contributed by atoms with Crippen LogP contribution in [-0.2, 0) is 0 Å². The molecule has 0 saturated heterocycles. The molecule has 0 saturated carbocycles. The Morgan fingerprint density at radius 3 is 2.74 bits per heavy atom. The van der Waals surface area contributed by atoms with Gasteiger partial charge in [0.25, 0.3) is 0 Å². The largest absolute Gasteiger partial charge is 0.340 e. The lowest BCUT2D eigenvalue weighted by atomic mass is 10.0. The van der Waals surface area contributed by atoms with Crippen molar-refractivity contribution in [2.24, 2.45) is 0 Å². The first-order valence-corrected chi connectivity index (χ1v) is 10.5. The molecule has 132 valence electrons. The van der Waals surface area contributed by atoms with Crippen LogP contribution in [0.25, 0.3) is 32.2 Å². The van der Waals surface area contributed by atoms with Crippen LogP contribution in [0, 0.1) is 6.92 Å². The third kappa shape index (κ3) is 2.96. The molecule has 1 N–H and O–H groups in total. The van der Waals surface area contributed by atoms with Crippen molar-refractivity contribution in [2.45, 2.75) is 6.92 Å². The number of halogens is 1. The van der Waals surface area contributed by atoms with Crippen LogP contribution in [-0.4, -0.2) is 15.0 Å². The van der Waals surface area contributed by atoms with Gasteiger partial charge in [0, 0.05) is 16.6 Å². The molecular formula is C20H13ClN4S2. The van der Waals surface area contributed by atoms with E-state index in [1.807, 2.05) is 23.7 Å². The summed E-state index contributed by atoms with van der Waals surface area (Å²) in [5, 5.41) is 9.28. The van der Waals surface area contributed by atoms with Crippen molar-refractivity contribution < 1.29 is 0 Å². The lowest BCUT2D eigenvalue weighted by Crippen LogP contribution is -1.96. The molecule has 2 aromatic carbocycles. The highest BCUT2D eigenvalue weighted by Crippen LogP contribution is 2.37. The second kappa shape index (κ2) is 6.56. The highest BCUT2D eigenvalue weighted by molar-refractivity contribution is 7.16. The Kier molecular flexibility index (Phi) is 4.04. The molecule has 5 aromatic rings. The van der Waals surface area contributed by atoms with Crippen molar-refractivity contribution in [1.29, 1.82) is 0 Å². The summed E-state index contributed by atoms with van der Waals surface area (Å²) in [5.41, 5.74) is 7.93. The molecule has 0 radical (unpaired) electrons. The lowest BCUT2D eigenvalue weighted by Gasteiger charge is -2.11. The molecule has 0 spiro atoms. The van der Waals surface area contributed by atoms with Gasteiger partial charge in [-0.05, 0) is 59.1 Å². The number of hydrogen-bond acceptors (Lipinski definition) is 6. The summed E-state index contributed by atoms with van der Waals surface area (Å²) in [4.78, 5) is 13.2. The molecule has 0 amide bonds. The maximum absolute atomic E-state index is 6.55. The van der Waals surface area contributed by atoms with Gasteiger partial charge in [0.05, 0.1) is 26.3 Å². The number of rotatable bonds is 3. The predicted octanol–water partition coefficient (Wildman–Crippen LogP) is 6.67. The molecule has 0 aliphatic heterocycles. The summed E-state index contributed by atoms with van der Waals surface area (Å²) < 4.78 is 1.16. The monoisotopic (exact) mass is 408 g/mol. The first kappa shape index (κ1) is 16.6. The highest BCUT2D eigenvalue weighted by atomic mass is 35.5. The zero-order valence-corrected chi connectivity index (χ0v) is 16.6. The van der Waals surface area contributed by atoms with Crippen molar-refractivity contribution in [2.75, 3.05) is 5.32 Å². The van der Waals surface area contributed by atoms with Crippen LogP contribution in [0.15, 0.2) is 52.9 Å². The molecule has 0 aliphatic rings. The first-order chi connectivity index (χ1) is 13.2. The molecule has 3 heterocycles. The number of thiazole rings is 1. The Morgan fingerprint density at radius 1 is 0.963 bits per heavy atom. The van der Waals surface area contributed by atoms with Gasteiger partial charge in [-0.3, -0.25) is 0 Å². The Bertz CT molecular complexity index is 1290. The number of fused-ring (bicyclic) bond motifs is 2. The van der Waals surface area contributed by atoms with E-state index in [0.717, 1.165) is 43.8 Å². The van der Waals surface area contributed by atoms with Gasteiger partial charge in [0.2, 0.25) is 0 Å². The molecule has 0 bridgehead atoms. The number of nitrogens with zero attached hydrogens (tertiary/aromatic N) is 3. The Labute approximate surface area is 168 Å². The van der Waals surface area contributed by atoms with E-state index in [2.05, 4.69) is 50.1 Å². The van der Waals surface area contributed by atoms with Gasteiger partial charge in [-0.1, -0.05) is 11.6 Å². The van der Waals surface area contributed by atoms with Crippen LogP contribution in [0.5, 0.6) is 0 Å². The molecule has 5 rings (SSSR count). The maximum atomic E-state index is 6.55. The third-order valence-corrected chi connectivity index (χ3v) is 6.45. The minimum atomic E-state index is 0.692. The number of benzene rings is 2. The Morgan fingerprint density at radius 2 is 1.89 bits per heavy atom. The second-order valence-corrected chi connectivity index (χ2v) is 8.24. The number of aryl methyl sites for hydroxylation is 1. The minimum Gasteiger partial charge on any atom is -0.340 e. The van der Waals surface area contributed by atoms with Gasteiger partial charge < -0.3 is 5.32 Å². The van der Waals surface area contributed by atoms with E-state index in [4.69, 9.17) is 11.6 Å². The zero-order chi connectivity index (χ0) is 18.4. The molecule has 0 atom stereocenters. The first-order valence-electron chi connectivity index (χ1n) is 8.27. The fraction of sp³-hybridized carbons (Fsp3) is 0.0500. The number of thiophene rings is 1. The molecule has 0 fully saturated rings. The quantitative estimate of drug-likeness (QED) is 0.362. The average molecular weight is 409 g/mol. The summed E-state index contributed by atoms with van der Waals surface area (Å²) in [5.74, 6) is 0.750. The maximum Gasteiger partial charge on any atom is 0.141 e. The summed E-state index contributed by atoms with van der Waals surface area (Å²) in [7, 11) is 0. The fourth-order valence-electron chi connectivity index (χ4n) is 3.09. The van der Waals surface area contributed by atoms with Gasteiger partial charge in [-0.2, -0.15) is 11.3 Å². The molecule has 27 heavy (non-hydrogen) atoms. The predicted molar refractivity (Wildman–Crippen MR) is 116 cm³/mol. The lowest BCUT2D eigenvalue weighted by molar-refractivity contribution is 1.22. The number of hydrogen-bond donors (Lipinski definition) is 1. The van der Waals surface area contributed by atoms with Crippen LogP contribution in [0.4, 0.5) is 11.5 Å². The smallest absolute Gasteiger partial charge is 0.141 e. The minimum absolute atomic E-state index is 0.692. The molecule has 0 aliphatic carbocycles. The SMILES string of the molecule is Cc1cscc1-c1cc2c(Nc3ccc4scnc4c3)ncnc2cc1Cl. The molecule has 3 aromatic heterocycles. The second-order valence-electron chi connectivity index (χ2n) is 6.20. The van der Waals surface area contributed by atoms with E-state index in [-0.39, 0.29) is 0 Å². The van der Waals surface area contributed by atoms with E-state index in [0.29, 0.717) is 5.02 Å². The molecular weight excluding hydrogens is 396 g/mol. The van der Waals surface area contributed by atoms with Gasteiger partial charge in [0.1, 0.15) is 12.1 Å². The van der Waals surface area contributed by atoms with Gasteiger partial charge in [0.15, 0.2) is 0 Å². The number of anilines is 2. The topological polar surface area (TPSA) is 50.7 Å². The Hall–Kier alpha value is -2.54. The van der Waals surface area contributed by atoms with E-state index >= 15 is 0 Å². The van der Waals surface area contributed by atoms with E-state index in [9.17, 15) is 0 Å². The van der Waals surface area contributed by atoms with Crippen molar-refractivity contribution in [3.8, 4) is 11.1 Å². The van der Waals surface area contributed by atoms with Crippen LogP contribution in [0.2, 0.25) is 5.02 Å². The zero-order valence-electron chi connectivity index (χ0n) is 14.2.